The van der Waals surface area contributed by atoms with Crippen molar-refractivity contribution >= 4 is 5.97 Å². The van der Waals surface area contributed by atoms with Crippen molar-refractivity contribution in [3.8, 4) is 0 Å². The molecule has 1 N–H and O–H groups in total. The van der Waals surface area contributed by atoms with Crippen LogP contribution in [-0.2, 0) is 9.53 Å². The van der Waals surface area contributed by atoms with E-state index in [9.17, 15) is 9.90 Å². The van der Waals surface area contributed by atoms with Crippen LogP contribution in [0.25, 0.3) is 0 Å². The van der Waals surface area contributed by atoms with E-state index < -0.39 is 11.5 Å². The Morgan fingerprint density at radius 3 is 2.27 bits per heavy atom. The number of carbonyl (C=O) groups is 1. The second-order valence-electron chi connectivity index (χ2n) is 4.41. The van der Waals surface area contributed by atoms with Crippen molar-refractivity contribution in [3.63, 3.8) is 0 Å². The average Bonchev–Trinajstić information content (AvgIpc) is 2.45. The van der Waals surface area contributed by atoms with E-state index in [1.165, 1.54) is 12.8 Å². The maximum absolute atomic E-state index is 11.3. The molecule has 0 aromatic carbocycles. The van der Waals surface area contributed by atoms with Crippen LogP contribution in [0.4, 0.5) is 0 Å². The Balaban J connectivity index is 2.72. The number of likely N-dealkylation sites (tertiary alicyclic amines) is 1. The molecule has 1 heterocycles. The fourth-order valence-corrected chi connectivity index (χ4v) is 2.13. The van der Waals surface area contributed by atoms with Crippen molar-refractivity contribution in [3.05, 3.63) is 0 Å². The number of rotatable bonds is 4. The van der Waals surface area contributed by atoms with Gasteiger partial charge in [-0.2, -0.15) is 0 Å². The van der Waals surface area contributed by atoms with Crippen LogP contribution in [0.5, 0.6) is 0 Å². The minimum absolute atomic E-state index is 0.252. The predicted molar refractivity (Wildman–Crippen MR) is 58.0 cm³/mol. The van der Waals surface area contributed by atoms with Gasteiger partial charge in [-0.3, -0.25) is 9.69 Å². The minimum atomic E-state index is -0.862. The number of carboxylic acid groups (broad SMARTS) is 1. The third kappa shape index (κ3) is 2.92. The summed E-state index contributed by atoms with van der Waals surface area (Å²) >= 11 is 0. The molecule has 0 aromatic rings. The summed E-state index contributed by atoms with van der Waals surface area (Å²) < 4.78 is 5.04. The smallest absolute Gasteiger partial charge is 0.326 e. The molecule has 0 aromatic heterocycles. The molecular weight excluding hydrogens is 194 g/mol. The molecular formula is C11H21NO3. The van der Waals surface area contributed by atoms with E-state index in [0.717, 1.165) is 25.9 Å². The Kier molecular flexibility index (Phi) is 4.54. The lowest BCUT2D eigenvalue weighted by Crippen LogP contribution is -2.55. The predicted octanol–water partition coefficient (Wildman–Crippen LogP) is 1.35. The maximum atomic E-state index is 11.3. The SMILES string of the molecule is COCC(C)(C(=O)O)N1CCCCCC1. The van der Waals surface area contributed by atoms with Gasteiger partial charge in [0.25, 0.3) is 0 Å². The molecule has 0 spiro atoms. The third-order valence-electron chi connectivity index (χ3n) is 3.19. The molecule has 0 saturated carbocycles. The summed E-state index contributed by atoms with van der Waals surface area (Å²) in [5.41, 5.74) is -0.862. The standard InChI is InChI=1S/C11H21NO3/c1-11(9-15-2,10(13)14)12-7-5-3-4-6-8-12/h3-9H2,1-2H3,(H,13,14). The molecule has 0 radical (unpaired) electrons. The zero-order chi connectivity index (χ0) is 11.3. The van der Waals surface area contributed by atoms with Crippen LogP contribution < -0.4 is 0 Å². The first-order valence-electron chi connectivity index (χ1n) is 5.58. The second kappa shape index (κ2) is 5.47. The summed E-state index contributed by atoms with van der Waals surface area (Å²) in [4.78, 5) is 13.3. The lowest BCUT2D eigenvalue weighted by molar-refractivity contribution is -0.154. The van der Waals surface area contributed by atoms with Gasteiger partial charge < -0.3 is 9.84 Å². The van der Waals surface area contributed by atoms with Crippen LogP contribution in [0.15, 0.2) is 0 Å². The Hall–Kier alpha value is -0.610. The molecule has 1 fully saturated rings. The summed E-state index contributed by atoms with van der Waals surface area (Å²) in [6.45, 7) is 3.74. The molecule has 88 valence electrons. The number of aliphatic carboxylic acids is 1. The van der Waals surface area contributed by atoms with E-state index in [1.807, 2.05) is 4.90 Å². The van der Waals surface area contributed by atoms with E-state index in [-0.39, 0.29) is 6.61 Å². The van der Waals surface area contributed by atoms with E-state index in [0.29, 0.717) is 0 Å². The molecule has 1 saturated heterocycles. The zero-order valence-electron chi connectivity index (χ0n) is 9.66. The molecule has 1 aliphatic heterocycles. The summed E-state index contributed by atoms with van der Waals surface area (Å²) in [5, 5.41) is 9.29. The topological polar surface area (TPSA) is 49.8 Å². The fourth-order valence-electron chi connectivity index (χ4n) is 2.13. The number of hydrogen-bond acceptors (Lipinski definition) is 3. The molecule has 1 aliphatic rings. The van der Waals surface area contributed by atoms with Crippen LogP contribution in [0, 0.1) is 0 Å². The lowest BCUT2D eigenvalue weighted by Gasteiger charge is -2.36. The van der Waals surface area contributed by atoms with E-state index >= 15 is 0 Å². The summed E-state index contributed by atoms with van der Waals surface area (Å²) in [6, 6.07) is 0. The van der Waals surface area contributed by atoms with Gasteiger partial charge >= 0.3 is 5.97 Å². The number of carboxylic acids is 1. The van der Waals surface area contributed by atoms with Crippen molar-refractivity contribution < 1.29 is 14.6 Å². The van der Waals surface area contributed by atoms with Gasteiger partial charge in [-0.05, 0) is 32.9 Å². The second-order valence-corrected chi connectivity index (χ2v) is 4.41. The van der Waals surface area contributed by atoms with Crippen LogP contribution in [0.1, 0.15) is 32.6 Å². The number of nitrogens with zero attached hydrogens (tertiary/aromatic N) is 1. The first-order chi connectivity index (χ1) is 7.11. The molecule has 1 rings (SSSR count). The Morgan fingerprint density at radius 1 is 1.33 bits per heavy atom. The highest BCUT2D eigenvalue weighted by atomic mass is 16.5. The largest absolute Gasteiger partial charge is 0.480 e. The molecule has 15 heavy (non-hydrogen) atoms. The molecule has 4 nitrogen and oxygen atoms in total. The van der Waals surface area contributed by atoms with Crippen LogP contribution in [-0.4, -0.2) is 48.3 Å². The zero-order valence-corrected chi connectivity index (χ0v) is 9.66. The van der Waals surface area contributed by atoms with Crippen LogP contribution in [0.2, 0.25) is 0 Å². The van der Waals surface area contributed by atoms with Gasteiger partial charge in [-0.15, -0.1) is 0 Å². The highest BCUT2D eigenvalue weighted by molar-refractivity contribution is 5.78. The molecule has 1 atom stereocenters. The number of hydrogen-bond donors (Lipinski definition) is 1. The maximum Gasteiger partial charge on any atom is 0.326 e. The summed E-state index contributed by atoms with van der Waals surface area (Å²) in [5.74, 6) is -0.786. The van der Waals surface area contributed by atoms with E-state index in [2.05, 4.69) is 0 Å². The average molecular weight is 215 g/mol. The molecule has 0 aliphatic carbocycles. The van der Waals surface area contributed by atoms with Gasteiger partial charge in [-0.25, -0.2) is 0 Å². The first kappa shape index (κ1) is 12.5. The van der Waals surface area contributed by atoms with Crippen LogP contribution >= 0.6 is 0 Å². The van der Waals surface area contributed by atoms with E-state index in [4.69, 9.17) is 4.74 Å². The van der Waals surface area contributed by atoms with E-state index in [1.54, 1.807) is 14.0 Å². The minimum Gasteiger partial charge on any atom is -0.480 e. The lowest BCUT2D eigenvalue weighted by atomic mass is 10.0. The number of ether oxygens (including phenoxy) is 1. The third-order valence-corrected chi connectivity index (χ3v) is 3.19. The first-order valence-corrected chi connectivity index (χ1v) is 5.58. The Bertz CT molecular complexity index is 212. The van der Waals surface area contributed by atoms with Crippen molar-refractivity contribution in [2.24, 2.45) is 0 Å². The molecule has 0 amide bonds. The van der Waals surface area contributed by atoms with Gasteiger partial charge in [0.2, 0.25) is 0 Å². The molecule has 4 heteroatoms. The number of methoxy groups -OCH3 is 1. The van der Waals surface area contributed by atoms with Gasteiger partial charge in [0.05, 0.1) is 6.61 Å². The monoisotopic (exact) mass is 215 g/mol. The summed E-state index contributed by atoms with van der Waals surface area (Å²) in [6.07, 6.45) is 4.59. The van der Waals surface area contributed by atoms with Crippen molar-refractivity contribution in [1.82, 2.24) is 4.90 Å². The van der Waals surface area contributed by atoms with Crippen LogP contribution in [0.3, 0.4) is 0 Å². The molecule has 1 unspecified atom stereocenters. The fraction of sp³-hybridized carbons (Fsp3) is 0.909. The molecule has 0 bridgehead atoms. The van der Waals surface area contributed by atoms with Crippen molar-refractivity contribution in [1.29, 1.82) is 0 Å². The van der Waals surface area contributed by atoms with Gasteiger partial charge in [0.15, 0.2) is 0 Å². The highest BCUT2D eigenvalue weighted by Crippen LogP contribution is 2.21. The summed E-state index contributed by atoms with van der Waals surface area (Å²) in [7, 11) is 1.55. The Labute approximate surface area is 91.2 Å². The van der Waals surface area contributed by atoms with Gasteiger partial charge in [0, 0.05) is 7.11 Å². The van der Waals surface area contributed by atoms with Crippen molar-refractivity contribution in [2.75, 3.05) is 26.8 Å². The Morgan fingerprint density at radius 2 is 1.87 bits per heavy atom. The van der Waals surface area contributed by atoms with Gasteiger partial charge in [0.1, 0.15) is 5.54 Å². The normalized spacial score (nSPS) is 23.1. The quantitative estimate of drug-likeness (QED) is 0.769. The van der Waals surface area contributed by atoms with Gasteiger partial charge in [-0.1, -0.05) is 12.8 Å². The van der Waals surface area contributed by atoms with Crippen molar-refractivity contribution in [2.45, 2.75) is 38.1 Å². The highest BCUT2D eigenvalue weighted by Gasteiger charge is 2.39.